The molecule has 1 aliphatic heterocycles. The van der Waals surface area contributed by atoms with Crippen molar-refractivity contribution in [1.82, 2.24) is 5.01 Å². The zero-order valence-electron chi connectivity index (χ0n) is 16.8. The van der Waals surface area contributed by atoms with Gasteiger partial charge in [0.1, 0.15) is 0 Å². The second-order valence-electron chi connectivity index (χ2n) is 7.66. The lowest BCUT2D eigenvalue weighted by Crippen LogP contribution is -2.30. The molecule has 1 fully saturated rings. The number of non-ortho nitro benzene ring substituents is 2. The van der Waals surface area contributed by atoms with E-state index in [4.69, 9.17) is 0 Å². The van der Waals surface area contributed by atoms with Gasteiger partial charge in [-0.15, -0.1) is 0 Å². The Balaban J connectivity index is 1.68. The summed E-state index contributed by atoms with van der Waals surface area (Å²) in [4.78, 5) is 33.3. The second kappa shape index (κ2) is 8.10. The van der Waals surface area contributed by atoms with Crippen LogP contribution in [-0.4, -0.2) is 26.5 Å². The van der Waals surface area contributed by atoms with E-state index in [-0.39, 0.29) is 29.2 Å². The van der Waals surface area contributed by atoms with Crippen molar-refractivity contribution >= 4 is 29.1 Å². The number of rotatable bonds is 4. The number of nitrogens with zero attached hydrogens (tertiary/aromatic N) is 4. The van der Waals surface area contributed by atoms with E-state index in [2.05, 4.69) is 5.10 Å². The van der Waals surface area contributed by atoms with Gasteiger partial charge in [0, 0.05) is 37.1 Å². The molecule has 158 valence electrons. The first kappa shape index (κ1) is 20.4. The van der Waals surface area contributed by atoms with Crippen molar-refractivity contribution < 1.29 is 14.6 Å². The van der Waals surface area contributed by atoms with E-state index < -0.39 is 9.85 Å². The van der Waals surface area contributed by atoms with Gasteiger partial charge in [0.15, 0.2) is 0 Å². The molecule has 9 heteroatoms. The molecule has 4 rings (SSSR count). The van der Waals surface area contributed by atoms with E-state index in [1.807, 2.05) is 6.08 Å². The number of hydrogen-bond acceptors (Lipinski definition) is 6. The van der Waals surface area contributed by atoms with Crippen LogP contribution in [0.1, 0.15) is 43.4 Å². The van der Waals surface area contributed by atoms with Crippen LogP contribution in [0.2, 0.25) is 0 Å². The van der Waals surface area contributed by atoms with Crippen molar-refractivity contribution in [2.75, 3.05) is 0 Å². The number of benzene rings is 2. The predicted molar refractivity (Wildman–Crippen MR) is 114 cm³/mol. The summed E-state index contributed by atoms with van der Waals surface area (Å²) in [5, 5.41) is 28.0. The number of nitro benzene ring substituents is 2. The van der Waals surface area contributed by atoms with Crippen molar-refractivity contribution in [2.45, 2.75) is 32.2 Å². The third-order valence-electron chi connectivity index (χ3n) is 5.71. The number of nitro groups is 2. The molecule has 0 spiro atoms. The van der Waals surface area contributed by atoms with Gasteiger partial charge in [-0.1, -0.05) is 12.1 Å². The summed E-state index contributed by atoms with van der Waals surface area (Å²) in [6, 6.07) is 12.3. The van der Waals surface area contributed by atoms with E-state index in [1.165, 1.54) is 36.2 Å². The van der Waals surface area contributed by atoms with Crippen LogP contribution in [0.15, 0.2) is 59.2 Å². The lowest BCUT2D eigenvalue weighted by Gasteiger charge is -2.29. The fourth-order valence-electron chi connectivity index (χ4n) is 4.28. The largest absolute Gasteiger partial charge is 0.273 e. The highest BCUT2D eigenvalue weighted by Gasteiger charge is 2.42. The smallest absolute Gasteiger partial charge is 0.269 e. The van der Waals surface area contributed by atoms with E-state index >= 15 is 0 Å². The fourth-order valence-corrected chi connectivity index (χ4v) is 4.28. The van der Waals surface area contributed by atoms with Crippen LogP contribution in [0, 0.1) is 26.1 Å². The standard InChI is InChI=1S/C22H20N4O5/c1-14(27)24-22(16-7-11-19(12-8-16)26(30)31)20-4-2-3-17(21(20)23-24)13-15-5-9-18(10-6-15)25(28)29/h5-13,20,22H,2-4H2,1H3/b17-13+. The van der Waals surface area contributed by atoms with Crippen molar-refractivity contribution in [3.63, 3.8) is 0 Å². The Kier molecular flexibility index (Phi) is 5.33. The molecule has 1 heterocycles. The third-order valence-corrected chi connectivity index (χ3v) is 5.71. The van der Waals surface area contributed by atoms with E-state index in [0.29, 0.717) is 0 Å². The van der Waals surface area contributed by atoms with Crippen LogP contribution < -0.4 is 0 Å². The Morgan fingerprint density at radius 1 is 1.03 bits per heavy atom. The maximum atomic E-state index is 12.3. The van der Waals surface area contributed by atoms with Crippen LogP contribution >= 0.6 is 0 Å². The number of fused-ring (bicyclic) bond motifs is 1. The van der Waals surface area contributed by atoms with Gasteiger partial charge < -0.3 is 0 Å². The van der Waals surface area contributed by atoms with Gasteiger partial charge in [-0.3, -0.25) is 25.0 Å². The first-order chi connectivity index (χ1) is 14.8. The highest BCUT2D eigenvalue weighted by Crippen LogP contribution is 2.44. The Hall–Kier alpha value is -3.88. The van der Waals surface area contributed by atoms with Crippen molar-refractivity contribution in [2.24, 2.45) is 11.0 Å². The molecule has 0 saturated heterocycles. The lowest BCUT2D eigenvalue weighted by atomic mass is 9.77. The normalized spacial score (nSPS) is 21.5. The van der Waals surface area contributed by atoms with Crippen molar-refractivity contribution in [3.05, 3.63) is 85.5 Å². The Morgan fingerprint density at radius 3 is 2.16 bits per heavy atom. The van der Waals surface area contributed by atoms with E-state index in [9.17, 15) is 25.0 Å². The van der Waals surface area contributed by atoms with Crippen molar-refractivity contribution in [1.29, 1.82) is 0 Å². The first-order valence-corrected chi connectivity index (χ1v) is 9.93. The molecule has 1 saturated carbocycles. The van der Waals surface area contributed by atoms with Gasteiger partial charge in [0.25, 0.3) is 11.4 Å². The Morgan fingerprint density at radius 2 is 1.61 bits per heavy atom. The maximum absolute atomic E-state index is 12.3. The Labute approximate surface area is 178 Å². The fraction of sp³-hybridized carbons (Fsp3) is 0.273. The van der Waals surface area contributed by atoms with Gasteiger partial charge in [-0.25, -0.2) is 5.01 Å². The lowest BCUT2D eigenvalue weighted by molar-refractivity contribution is -0.385. The molecule has 0 radical (unpaired) electrons. The number of carbonyl (C=O) groups is 1. The molecule has 0 N–H and O–H groups in total. The summed E-state index contributed by atoms with van der Waals surface area (Å²) in [5.74, 6) is -0.205. The topological polar surface area (TPSA) is 119 Å². The van der Waals surface area contributed by atoms with Crippen LogP contribution in [0.4, 0.5) is 11.4 Å². The summed E-state index contributed by atoms with van der Waals surface area (Å²) in [6.07, 6.45) is 4.52. The number of amides is 1. The summed E-state index contributed by atoms with van der Waals surface area (Å²) in [6.45, 7) is 1.46. The molecule has 2 atom stereocenters. The maximum Gasteiger partial charge on any atom is 0.269 e. The monoisotopic (exact) mass is 420 g/mol. The molecule has 2 aromatic carbocycles. The molecule has 0 aromatic heterocycles. The minimum atomic E-state index is -0.450. The molecule has 9 nitrogen and oxygen atoms in total. The number of allylic oxidation sites excluding steroid dienone is 1. The number of hydrogen-bond donors (Lipinski definition) is 0. The van der Waals surface area contributed by atoms with E-state index in [0.717, 1.165) is 41.7 Å². The molecule has 1 amide bonds. The zero-order valence-corrected chi connectivity index (χ0v) is 16.8. The molecular formula is C22H20N4O5. The Bertz CT molecular complexity index is 1110. The molecule has 2 aromatic rings. The molecule has 1 aliphatic carbocycles. The SMILES string of the molecule is CC(=O)N1N=C2/C(=C/c3ccc([N+](=O)[O-])cc3)CCCC2C1c1ccc([N+](=O)[O-])cc1. The molecule has 2 aliphatic rings. The predicted octanol–water partition coefficient (Wildman–Crippen LogP) is 4.65. The van der Waals surface area contributed by atoms with Crippen molar-refractivity contribution in [3.8, 4) is 0 Å². The highest BCUT2D eigenvalue weighted by molar-refractivity contribution is 6.08. The molecule has 2 unspecified atom stereocenters. The third kappa shape index (κ3) is 3.94. The summed E-state index contributed by atoms with van der Waals surface area (Å²) in [5.41, 5.74) is 3.50. The van der Waals surface area contributed by atoms with Gasteiger partial charge in [-0.05, 0) is 54.2 Å². The van der Waals surface area contributed by atoms with Crippen LogP contribution in [0.25, 0.3) is 6.08 Å². The van der Waals surface area contributed by atoms with Crippen LogP contribution in [-0.2, 0) is 4.79 Å². The van der Waals surface area contributed by atoms with Gasteiger partial charge >= 0.3 is 0 Å². The summed E-state index contributed by atoms with van der Waals surface area (Å²) >= 11 is 0. The zero-order chi connectivity index (χ0) is 22.1. The average molecular weight is 420 g/mol. The number of hydrazone groups is 1. The summed E-state index contributed by atoms with van der Waals surface area (Å²) < 4.78 is 0. The van der Waals surface area contributed by atoms with Gasteiger partial charge in [0.2, 0.25) is 5.91 Å². The number of carbonyl (C=O) groups excluding carboxylic acids is 1. The minimum Gasteiger partial charge on any atom is -0.273 e. The summed E-state index contributed by atoms with van der Waals surface area (Å²) in [7, 11) is 0. The quantitative estimate of drug-likeness (QED) is 0.527. The minimum absolute atomic E-state index is 0.000311. The van der Waals surface area contributed by atoms with Crippen LogP contribution in [0.5, 0.6) is 0 Å². The molecule has 0 bridgehead atoms. The van der Waals surface area contributed by atoms with E-state index in [1.54, 1.807) is 24.3 Å². The molecular weight excluding hydrogens is 400 g/mol. The highest BCUT2D eigenvalue weighted by atomic mass is 16.6. The average Bonchev–Trinajstić information content (AvgIpc) is 3.15. The van der Waals surface area contributed by atoms with Gasteiger partial charge in [0.05, 0.1) is 21.6 Å². The molecule has 31 heavy (non-hydrogen) atoms. The van der Waals surface area contributed by atoms with Gasteiger partial charge in [-0.2, -0.15) is 5.10 Å². The van der Waals surface area contributed by atoms with Crippen LogP contribution in [0.3, 0.4) is 0 Å². The second-order valence-corrected chi connectivity index (χ2v) is 7.66. The first-order valence-electron chi connectivity index (χ1n) is 9.93.